The third-order valence-corrected chi connectivity index (χ3v) is 4.66. The summed E-state index contributed by atoms with van der Waals surface area (Å²) in [5, 5.41) is 6.09. The van der Waals surface area contributed by atoms with E-state index >= 15 is 0 Å². The Hall–Kier alpha value is -0.680. The lowest BCUT2D eigenvalue weighted by atomic mass is 9.87. The molecule has 2 rings (SSSR count). The van der Waals surface area contributed by atoms with E-state index in [1.807, 2.05) is 0 Å². The van der Waals surface area contributed by atoms with E-state index in [2.05, 4.69) is 10.6 Å². The van der Waals surface area contributed by atoms with Gasteiger partial charge < -0.3 is 15.4 Å². The zero-order chi connectivity index (χ0) is 14.2. The van der Waals surface area contributed by atoms with Crippen molar-refractivity contribution in [3.05, 3.63) is 0 Å². The van der Waals surface area contributed by atoms with E-state index in [1.165, 1.54) is 32.1 Å². The lowest BCUT2D eigenvalue weighted by molar-refractivity contribution is -0.116. The Morgan fingerprint density at radius 3 is 2.50 bits per heavy atom. The predicted octanol–water partition coefficient (Wildman–Crippen LogP) is 2.17. The standard InChI is InChI=1S/C15H26N2O2S/c18-14(17-13-7-10-19-11-8-13)15(20)16-9-6-12-4-2-1-3-5-12/h12-13H,1-11H2,(H,16,20)(H,17,18). The van der Waals surface area contributed by atoms with Crippen molar-refractivity contribution in [3.63, 3.8) is 0 Å². The molecular weight excluding hydrogens is 272 g/mol. The number of carbonyl (C=O) groups is 1. The molecule has 1 amide bonds. The lowest BCUT2D eigenvalue weighted by Gasteiger charge is -2.24. The number of amides is 1. The zero-order valence-corrected chi connectivity index (χ0v) is 13.0. The topological polar surface area (TPSA) is 50.4 Å². The minimum Gasteiger partial charge on any atom is -0.381 e. The van der Waals surface area contributed by atoms with Gasteiger partial charge in [0.15, 0.2) is 4.99 Å². The van der Waals surface area contributed by atoms with Gasteiger partial charge in [0, 0.05) is 25.8 Å². The van der Waals surface area contributed by atoms with Crippen LogP contribution in [0.15, 0.2) is 0 Å². The van der Waals surface area contributed by atoms with Crippen LogP contribution in [0.2, 0.25) is 0 Å². The third kappa shape index (κ3) is 5.37. The Bertz CT molecular complexity index is 324. The molecule has 2 fully saturated rings. The van der Waals surface area contributed by atoms with Gasteiger partial charge in [-0.1, -0.05) is 44.3 Å². The Balaban J connectivity index is 1.59. The van der Waals surface area contributed by atoms with Crippen molar-refractivity contribution < 1.29 is 9.53 Å². The van der Waals surface area contributed by atoms with Crippen LogP contribution >= 0.6 is 12.2 Å². The Labute approximate surface area is 127 Å². The molecule has 0 aromatic rings. The largest absolute Gasteiger partial charge is 0.381 e. The van der Waals surface area contributed by atoms with Crippen molar-refractivity contribution in [1.82, 2.24) is 10.6 Å². The second-order valence-electron chi connectivity index (χ2n) is 5.91. The maximum Gasteiger partial charge on any atom is 0.278 e. The summed E-state index contributed by atoms with van der Waals surface area (Å²) in [5.41, 5.74) is 0. The first kappa shape index (κ1) is 15.7. The summed E-state index contributed by atoms with van der Waals surface area (Å²) in [6.07, 6.45) is 9.68. The van der Waals surface area contributed by atoms with Crippen molar-refractivity contribution in [1.29, 1.82) is 0 Å². The molecule has 114 valence electrons. The second kappa shape index (κ2) is 8.57. The van der Waals surface area contributed by atoms with Gasteiger partial charge in [-0.25, -0.2) is 0 Å². The molecule has 20 heavy (non-hydrogen) atoms. The second-order valence-corrected chi connectivity index (χ2v) is 6.32. The molecule has 0 aromatic carbocycles. The highest BCUT2D eigenvalue weighted by Gasteiger charge is 2.19. The molecule has 1 saturated heterocycles. The van der Waals surface area contributed by atoms with Gasteiger partial charge in [0.1, 0.15) is 0 Å². The SMILES string of the molecule is O=C(NC1CCOCC1)C(=S)NCCC1CCCCC1. The molecule has 1 aliphatic carbocycles. The van der Waals surface area contributed by atoms with E-state index in [0.29, 0.717) is 4.99 Å². The van der Waals surface area contributed by atoms with Gasteiger partial charge in [0.05, 0.1) is 0 Å². The first-order chi connectivity index (χ1) is 9.75. The highest BCUT2D eigenvalue weighted by Crippen LogP contribution is 2.25. The normalized spacial score (nSPS) is 21.4. The summed E-state index contributed by atoms with van der Waals surface area (Å²) >= 11 is 5.16. The number of thiocarbonyl (C=S) groups is 1. The van der Waals surface area contributed by atoms with Crippen LogP contribution in [0.3, 0.4) is 0 Å². The van der Waals surface area contributed by atoms with Crippen LogP contribution in [0.1, 0.15) is 51.4 Å². The van der Waals surface area contributed by atoms with E-state index < -0.39 is 0 Å². The van der Waals surface area contributed by atoms with Crippen LogP contribution in [-0.4, -0.2) is 36.7 Å². The van der Waals surface area contributed by atoms with Crippen molar-refractivity contribution in [2.75, 3.05) is 19.8 Å². The van der Waals surface area contributed by atoms with E-state index in [-0.39, 0.29) is 11.9 Å². The molecule has 0 aromatic heterocycles. The maximum atomic E-state index is 11.9. The molecule has 1 aliphatic heterocycles. The van der Waals surface area contributed by atoms with Gasteiger partial charge >= 0.3 is 0 Å². The number of carbonyl (C=O) groups excluding carboxylic acids is 1. The van der Waals surface area contributed by atoms with Crippen LogP contribution < -0.4 is 10.6 Å². The van der Waals surface area contributed by atoms with Crippen molar-refractivity contribution in [3.8, 4) is 0 Å². The van der Waals surface area contributed by atoms with E-state index in [1.54, 1.807) is 0 Å². The van der Waals surface area contributed by atoms with E-state index in [0.717, 1.165) is 44.9 Å². The minimum atomic E-state index is -0.129. The highest BCUT2D eigenvalue weighted by molar-refractivity contribution is 7.82. The average Bonchev–Trinajstić information content (AvgIpc) is 2.49. The van der Waals surface area contributed by atoms with E-state index in [4.69, 9.17) is 17.0 Å². The molecular formula is C15H26N2O2S. The summed E-state index contributed by atoms with van der Waals surface area (Å²) in [6, 6.07) is 0.217. The highest BCUT2D eigenvalue weighted by atomic mass is 32.1. The summed E-state index contributed by atoms with van der Waals surface area (Å²) in [6.45, 7) is 2.28. The quantitative estimate of drug-likeness (QED) is 0.781. The van der Waals surface area contributed by atoms with Crippen molar-refractivity contribution in [2.24, 2.45) is 5.92 Å². The molecule has 0 unspecified atom stereocenters. The molecule has 0 radical (unpaired) electrons. The van der Waals surface area contributed by atoms with Gasteiger partial charge in [-0.3, -0.25) is 4.79 Å². The van der Waals surface area contributed by atoms with Gasteiger partial charge in [0.25, 0.3) is 5.91 Å². The van der Waals surface area contributed by atoms with Crippen LogP contribution in [-0.2, 0) is 9.53 Å². The molecule has 0 atom stereocenters. The summed E-state index contributed by atoms with van der Waals surface area (Å²) in [7, 11) is 0. The fourth-order valence-electron chi connectivity index (χ4n) is 3.04. The molecule has 2 N–H and O–H groups in total. The van der Waals surface area contributed by atoms with Crippen LogP contribution in [0.25, 0.3) is 0 Å². The summed E-state index contributed by atoms with van der Waals surface area (Å²) < 4.78 is 5.27. The summed E-state index contributed by atoms with van der Waals surface area (Å²) in [5.74, 6) is 0.688. The molecule has 0 bridgehead atoms. The minimum absolute atomic E-state index is 0.129. The number of ether oxygens (including phenoxy) is 1. The number of rotatable bonds is 4. The van der Waals surface area contributed by atoms with Gasteiger partial charge in [-0.15, -0.1) is 0 Å². The first-order valence-corrected chi connectivity index (χ1v) is 8.33. The number of nitrogens with one attached hydrogen (secondary N) is 2. The Kier molecular flexibility index (Phi) is 6.73. The molecule has 4 nitrogen and oxygen atoms in total. The van der Waals surface area contributed by atoms with Gasteiger partial charge in [-0.2, -0.15) is 0 Å². The van der Waals surface area contributed by atoms with Crippen LogP contribution in [0, 0.1) is 5.92 Å². The Morgan fingerprint density at radius 1 is 1.10 bits per heavy atom. The third-order valence-electron chi connectivity index (χ3n) is 4.33. The summed E-state index contributed by atoms with van der Waals surface area (Å²) in [4.78, 5) is 12.3. The maximum absolute atomic E-state index is 11.9. The fourth-order valence-corrected chi connectivity index (χ4v) is 3.20. The van der Waals surface area contributed by atoms with Gasteiger partial charge in [-0.05, 0) is 25.2 Å². The van der Waals surface area contributed by atoms with Gasteiger partial charge in [0.2, 0.25) is 0 Å². The predicted molar refractivity (Wildman–Crippen MR) is 83.8 cm³/mol. The Morgan fingerprint density at radius 2 is 1.80 bits per heavy atom. The molecule has 0 spiro atoms. The monoisotopic (exact) mass is 298 g/mol. The average molecular weight is 298 g/mol. The fraction of sp³-hybridized carbons (Fsp3) is 0.867. The zero-order valence-electron chi connectivity index (χ0n) is 12.2. The molecule has 1 heterocycles. The first-order valence-electron chi connectivity index (χ1n) is 7.92. The molecule has 5 heteroatoms. The van der Waals surface area contributed by atoms with E-state index in [9.17, 15) is 4.79 Å². The number of hydrogen-bond acceptors (Lipinski definition) is 3. The van der Waals surface area contributed by atoms with Crippen LogP contribution in [0.5, 0.6) is 0 Å². The molecule has 1 saturated carbocycles. The van der Waals surface area contributed by atoms with Crippen molar-refractivity contribution >= 4 is 23.1 Å². The molecule has 2 aliphatic rings. The number of hydrogen-bond donors (Lipinski definition) is 2. The van der Waals surface area contributed by atoms with Crippen LogP contribution in [0.4, 0.5) is 0 Å². The lowest BCUT2D eigenvalue weighted by Crippen LogP contribution is -2.45. The smallest absolute Gasteiger partial charge is 0.278 e. The van der Waals surface area contributed by atoms with Crippen molar-refractivity contribution in [2.45, 2.75) is 57.4 Å².